The molecule has 4 rings (SSSR count). The van der Waals surface area contributed by atoms with E-state index in [2.05, 4.69) is 14.9 Å². The van der Waals surface area contributed by atoms with Crippen LogP contribution < -0.4 is 19.7 Å². The number of hydrogen-bond donors (Lipinski definition) is 2. The second-order valence-corrected chi connectivity index (χ2v) is 9.97. The Kier molecular flexibility index (Phi) is 6.66. The monoisotopic (exact) mass is 471 g/mol. The molecular formula is C23H25N3O4S2. The highest BCUT2D eigenvalue weighted by Gasteiger charge is 2.25. The summed E-state index contributed by atoms with van der Waals surface area (Å²) in [6.07, 6.45) is 2.26. The molecule has 9 heteroatoms. The minimum Gasteiger partial charge on any atom is -0.495 e. The highest BCUT2D eigenvalue weighted by atomic mass is 32.2. The fourth-order valence-corrected chi connectivity index (χ4v) is 5.73. The lowest BCUT2D eigenvalue weighted by molar-refractivity contribution is -0.115. The van der Waals surface area contributed by atoms with Crippen molar-refractivity contribution in [1.82, 2.24) is 0 Å². The van der Waals surface area contributed by atoms with E-state index in [4.69, 9.17) is 4.74 Å². The van der Waals surface area contributed by atoms with Gasteiger partial charge in [-0.15, -0.1) is 0 Å². The van der Waals surface area contributed by atoms with Gasteiger partial charge < -0.3 is 15.0 Å². The zero-order valence-corrected chi connectivity index (χ0v) is 19.3. The molecule has 32 heavy (non-hydrogen) atoms. The molecule has 0 aliphatic carbocycles. The van der Waals surface area contributed by atoms with Gasteiger partial charge in [0.15, 0.2) is 0 Å². The molecule has 2 heterocycles. The Balaban J connectivity index is 1.65. The number of thiophene rings is 1. The van der Waals surface area contributed by atoms with Crippen molar-refractivity contribution in [3.8, 4) is 5.75 Å². The number of nitrogens with zero attached hydrogens (tertiary/aromatic N) is 1. The minimum atomic E-state index is -3.94. The molecule has 1 aliphatic rings. The Morgan fingerprint density at radius 1 is 1.12 bits per heavy atom. The number of anilines is 3. The summed E-state index contributed by atoms with van der Waals surface area (Å²) < 4.78 is 34.8. The van der Waals surface area contributed by atoms with Gasteiger partial charge in [0.05, 0.1) is 24.9 Å². The summed E-state index contributed by atoms with van der Waals surface area (Å²) in [4.78, 5) is 14.6. The van der Waals surface area contributed by atoms with Crippen LogP contribution in [-0.4, -0.2) is 34.5 Å². The van der Waals surface area contributed by atoms with Gasteiger partial charge in [-0.25, -0.2) is 8.42 Å². The van der Waals surface area contributed by atoms with Crippen LogP contribution in [0.3, 0.4) is 0 Å². The maximum Gasteiger partial charge on any atom is 0.264 e. The van der Waals surface area contributed by atoms with Crippen molar-refractivity contribution >= 4 is 44.3 Å². The predicted molar refractivity (Wildman–Crippen MR) is 128 cm³/mol. The number of carbonyl (C=O) groups excluding carboxylic acids is 1. The Morgan fingerprint density at radius 3 is 2.62 bits per heavy atom. The van der Waals surface area contributed by atoms with Crippen molar-refractivity contribution < 1.29 is 17.9 Å². The molecule has 1 saturated heterocycles. The van der Waals surface area contributed by atoms with Gasteiger partial charge in [-0.2, -0.15) is 11.3 Å². The molecule has 1 amide bonds. The lowest BCUT2D eigenvalue weighted by Gasteiger charge is -2.23. The van der Waals surface area contributed by atoms with Crippen LogP contribution in [0, 0.1) is 0 Å². The first-order valence-corrected chi connectivity index (χ1v) is 12.7. The molecule has 0 saturated carbocycles. The zero-order chi connectivity index (χ0) is 22.6. The van der Waals surface area contributed by atoms with Crippen molar-refractivity contribution in [2.45, 2.75) is 24.2 Å². The van der Waals surface area contributed by atoms with E-state index < -0.39 is 10.0 Å². The molecule has 1 aliphatic heterocycles. The first-order valence-electron chi connectivity index (χ1n) is 10.3. The molecule has 1 fully saturated rings. The number of sulfonamides is 1. The molecule has 2 aromatic carbocycles. The number of hydrogen-bond acceptors (Lipinski definition) is 6. The lowest BCUT2D eigenvalue weighted by Crippen LogP contribution is -2.23. The standard InChI is InChI=1S/C23H25N3O4S2/c1-30-21-7-3-2-6-19(21)25-32(28,29)22-15-18(8-9-20(22)26-11-4-5-12-26)24-23(27)14-17-10-13-31-16-17/h2-3,6-10,13,15-16,25H,4-5,11-12,14H2,1H3,(H,24,27). The third kappa shape index (κ3) is 5.05. The van der Waals surface area contributed by atoms with E-state index in [9.17, 15) is 13.2 Å². The largest absolute Gasteiger partial charge is 0.495 e. The first-order chi connectivity index (χ1) is 15.5. The van der Waals surface area contributed by atoms with Crippen LogP contribution in [-0.2, 0) is 21.2 Å². The van der Waals surface area contributed by atoms with Gasteiger partial charge >= 0.3 is 0 Å². The van der Waals surface area contributed by atoms with E-state index in [1.807, 2.05) is 16.8 Å². The van der Waals surface area contributed by atoms with E-state index in [0.29, 0.717) is 22.8 Å². The Bertz CT molecular complexity index is 1190. The molecule has 0 bridgehead atoms. The van der Waals surface area contributed by atoms with Crippen LogP contribution >= 0.6 is 11.3 Å². The average molecular weight is 472 g/mol. The molecule has 0 spiro atoms. The lowest BCUT2D eigenvalue weighted by atomic mass is 10.2. The van der Waals surface area contributed by atoms with Crippen molar-refractivity contribution in [2.24, 2.45) is 0 Å². The zero-order valence-electron chi connectivity index (χ0n) is 17.7. The highest BCUT2D eigenvalue weighted by Crippen LogP contribution is 2.34. The number of carbonyl (C=O) groups is 1. The number of rotatable bonds is 8. The highest BCUT2D eigenvalue weighted by molar-refractivity contribution is 7.93. The summed E-state index contributed by atoms with van der Waals surface area (Å²) in [5, 5.41) is 6.67. The van der Waals surface area contributed by atoms with Crippen molar-refractivity contribution in [1.29, 1.82) is 0 Å². The second-order valence-electron chi connectivity index (χ2n) is 7.54. The van der Waals surface area contributed by atoms with E-state index in [1.54, 1.807) is 36.4 Å². The summed E-state index contributed by atoms with van der Waals surface area (Å²) in [7, 11) is -2.45. The minimum absolute atomic E-state index is 0.124. The van der Waals surface area contributed by atoms with Crippen LogP contribution in [0.25, 0.3) is 0 Å². The fraction of sp³-hybridized carbons (Fsp3) is 0.261. The van der Waals surface area contributed by atoms with Gasteiger partial charge in [0.2, 0.25) is 5.91 Å². The van der Waals surface area contributed by atoms with Crippen LogP contribution in [0.1, 0.15) is 18.4 Å². The number of benzene rings is 2. The number of amides is 1. The number of methoxy groups -OCH3 is 1. The summed E-state index contributed by atoms with van der Waals surface area (Å²) in [6.45, 7) is 1.59. The van der Waals surface area contributed by atoms with Gasteiger partial charge in [0, 0.05) is 18.8 Å². The molecular weight excluding hydrogens is 446 g/mol. The van der Waals surface area contributed by atoms with Crippen LogP contribution in [0.2, 0.25) is 0 Å². The van der Waals surface area contributed by atoms with Crippen LogP contribution in [0.4, 0.5) is 17.1 Å². The normalized spacial score (nSPS) is 13.7. The summed E-state index contributed by atoms with van der Waals surface area (Å²) in [5.74, 6) is 0.234. The number of nitrogens with one attached hydrogen (secondary N) is 2. The third-order valence-corrected chi connectivity index (χ3v) is 7.40. The van der Waals surface area contributed by atoms with E-state index in [-0.39, 0.29) is 17.2 Å². The van der Waals surface area contributed by atoms with E-state index in [0.717, 1.165) is 31.5 Å². The average Bonchev–Trinajstić information content (AvgIpc) is 3.48. The van der Waals surface area contributed by atoms with Gasteiger partial charge in [0.25, 0.3) is 10.0 Å². The molecule has 1 aromatic heterocycles. The van der Waals surface area contributed by atoms with E-state index in [1.165, 1.54) is 24.5 Å². The molecule has 168 valence electrons. The molecule has 3 aromatic rings. The number of ether oxygens (including phenoxy) is 1. The maximum absolute atomic E-state index is 13.4. The van der Waals surface area contributed by atoms with E-state index >= 15 is 0 Å². The Labute approximate surface area is 192 Å². The van der Waals surface area contributed by atoms with Gasteiger partial charge in [-0.1, -0.05) is 12.1 Å². The number of para-hydroxylation sites is 2. The molecule has 0 unspecified atom stereocenters. The van der Waals surface area contributed by atoms with Crippen molar-refractivity contribution in [3.63, 3.8) is 0 Å². The smallest absolute Gasteiger partial charge is 0.264 e. The topological polar surface area (TPSA) is 87.7 Å². The van der Waals surface area contributed by atoms with Crippen molar-refractivity contribution in [3.05, 3.63) is 64.9 Å². The maximum atomic E-state index is 13.4. The van der Waals surface area contributed by atoms with Crippen molar-refractivity contribution in [2.75, 3.05) is 35.1 Å². The summed E-state index contributed by atoms with van der Waals surface area (Å²) in [6, 6.07) is 13.8. The molecule has 0 atom stereocenters. The third-order valence-electron chi connectivity index (χ3n) is 5.28. The summed E-state index contributed by atoms with van der Waals surface area (Å²) in [5.41, 5.74) is 2.34. The van der Waals surface area contributed by atoms with Crippen LogP contribution in [0.5, 0.6) is 5.75 Å². The first kappa shape index (κ1) is 22.2. The van der Waals surface area contributed by atoms with Gasteiger partial charge in [-0.3, -0.25) is 9.52 Å². The quantitative estimate of drug-likeness (QED) is 0.510. The fourth-order valence-electron chi connectivity index (χ4n) is 3.74. The van der Waals surface area contributed by atoms with Gasteiger partial charge in [-0.05, 0) is 65.6 Å². The molecule has 0 radical (unpaired) electrons. The SMILES string of the molecule is COc1ccccc1NS(=O)(=O)c1cc(NC(=O)Cc2ccsc2)ccc1N1CCCC1. The second kappa shape index (κ2) is 9.62. The van der Waals surface area contributed by atoms with Gasteiger partial charge in [0.1, 0.15) is 10.6 Å². The Hall–Kier alpha value is -3.04. The predicted octanol–water partition coefficient (Wildman–Crippen LogP) is 4.34. The molecule has 7 nitrogen and oxygen atoms in total. The molecule has 2 N–H and O–H groups in total. The Morgan fingerprint density at radius 2 is 1.91 bits per heavy atom. The summed E-state index contributed by atoms with van der Waals surface area (Å²) >= 11 is 1.53. The van der Waals surface area contributed by atoms with Crippen LogP contribution in [0.15, 0.2) is 64.2 Å².